The molecule has 0 saturated heterocycles. The van der Waals surface area contributed by atoms with E-state index in [2.05, 4.69) is 0 Å². The second kappa shape index (κ2) is 4.35. The average Bonchev–Trinajstić information content (AvgIpc) is 2.70. The molecule has 1 aromatic heterocycles. The monoisotopic (exact) mass is 256 g/mol. The lowest BCUT2D eigenvalue weighted by atomic mass is 10.3. The summed E-state index contributed by atoms with van der Waals surface area (Å²) in [6.07, 6.45) is 0. The van der Waals surface area contributed by atoms with E-state index in [1.807, 2.05) is 5.38 Å². The van der Waals surface area contributed by atoms with Crippen LogP contribution in [-0.2, 0) is 15.6 Å². The molecule has 2 nitrogen and oxygen atoms in total. The molecule has 0 unspecified atom stereocenters. The number of hydrogen-bond acceptors (Lipinski definition) is 3. The maximum absolute atomic E-state index is 12.9. The lowest BCUT2D eigenvalue weighted by Gasteiger charge is -2.02. The van der Waals surface area contributed by atoms with Crippen molar-refractivity contribution < 1.29 is 12.8 Å². The van der Waals surface area contributed by atoms with Crippen LogP contribution in [0.4, 0.5) is 4.39 Å². The zero-order valence-corrected chi connectivity index (χ0v) is 9.89. The van der Waals surface area contributed by atoms with Crippen molar-refractivity contribution in [2.45, 2.75) is 10.6 Å². The maximum Gasteiger partial charge on any atom is 0.182 e. The predicted molar refractivity (Wildman–Crippen MR) is 61.6 cm³/mol. The van der Waals surface area contributed by atoms with Crippen molar-refractivity contribution in [1.29, 1.82) is 0 Å². The molecular weight excluding hydrogens is 247 g/mol. The Kier molecular flexibility index (Phi) is 3.07. The molecule has 0 radical (unpaired) electrons. The minimum Gasteiger partial charge on any atom is -0.223 e. The van der Waals surface area contributed by atoms with E-state index in [9.17, 15) is 12.8 Å². The molecule has 0 aliphatic rings. The van der Waals surface area contributed by atoms with Crippen molar-refractivity contribution in [3.05, 3.63) is 52.5 Å². The van der Waals surface area contributed by atoms with E-state index >= 15 is 0 Å². The van der Waals surface area contributed by atoms with Gasteiger partial charge in [0.15, 0.2) is 9.84 Å². The van der Waals surface area contributed by atoms with E-state index in [4.69, 9.17) is 0 Å². The van der Waals surface area contributed by atoms with Crippen molar-refractivity contribution in [2.24, 2.45) is 0 Å². The fraction of sp³-hybridized carbons (Fsp3) is 0.0909. The lowest BCUT2D eigenvalue weighted by molar-refractivity contribution is 0.590. The van der Waals surface area contributed by atoms with Gasteiger partial charge < -0.3 is 0 Å². The van der Waals surface area contributed by atoms with Gasteiger partial charge in [0.1, 0.15) is 5.82 Å². The Morgan fingerprint density at radius 3 is 2.69 bits per heavy atom. The van der Waals surface area contributed by atoms with Crippen LogP contribution in [0.5, 0.6) is 0 Å². The van der Waals surface area contributed by atoms with Crippen LogP contribution in [-0.4, -0.2) is 8.42 Å². The Balaban J connectivity index is 2.33. The number of thiophene rings is 1. The zero-order valence-electron chi connectivity index (χ0n) is 8.26. The van der Waals surface area contributed by atoms with Crippen molar-refractivity contribution in [3.8, 4) is 0 Å². The first-order chi connectivity index (χ1) is 7.58. The Labute approximate surface area is 97.3 Å². The zero-order chi connectivity index (χ0) is 11.6. The van der Waals surface area contributed by atoms with Crippen LogP contribution in [0.2, 0.25) is 0 Å². The van der Waals surface area contributed by atoms with Gasteiger partial charge in [0, 0.05) is 0 Å². The molecule has 0 spiro atoms. The van der Waals surface area contributed by atoms with Crippen LogP contribution in [0.1, 0.15) is 5.56 Å². The van der Waals surface area contributed by atoms with Gasteiger partial charge in [-0.15, -0.1) is 0 Å². The molecule has 5 heteroatoms. The van der Waals surface area contributed by atoms with Crippen LogP contribution in [0, 0.1) is 5.82 Å². The first kappa shape index (κ1) is 11.3. The molecule has 0 aliphatic heterocycles. The molecule has 2 aromatic rings. The standard InChI is InChI=1S/C11H9FO2S2/c12-10-2-1-3-11(6-10)16(13,14)8-9-4-5-15-7-9/h1-7H,8H2. The van der Waals surface area contributed by atoms with E-state index in [1.54, 1.807) is 11.4 Å². The second-order valence-corrected chi connectivity index (χ2v) is 6.12. The van der Waals surface area contributed by atoms with Crippen LogP contribution >= 0.6 is 11.3 Å². The lowest BCUT2D eigenvalue weighted by Crippen LogP contribution is -2.04. The number of hydrogen-bond donors (Lipinski definition) is 0. The molecule has 0 amide bonds. The quantitative estimate of drug-likeness (QED) is 0.846. The van der Waals surface area contributed by atoms with Gasteiger partial charge in [0.25, 0.3) is 0 Å². The summed E-state index contributed by atoms with van der Waals surface area (Å²) in [5.74, 6) is -0.619. The number of sulfone groups is 1. The highest BCUT2D eigenvalue weighted by Gasteiger charge is 2.15. The molecule has 84 valence electrons. The predicted octanol–water partition coefficient (Wildman–Crippen LogP) is 2.86. The fourth-order valence-corrected chi connectivity index (χ4v) is 3.48. The summed E-state index contributed by atoms with van der Waals surface area (Å²) in [5.41, 5.74) is 0.731. The molecule has 0 bridgehead atoms. The Bertz CT molecular complexity index is 574. The fourth-order valence-electron chi connectivity index (χ4n) is 1.34. The topological polar surface area (TPSA) is 34.1 Å². The van der Waals surface area contributed by atoms with Crippen LogP contribution in [0.25, 0.3) is 0 Å². The van der Waals surface area contributed by atoms with Crippen LogP contribution in [0.3, 0.4) is 0 Å². The van der Waals surface area contributed by atoms with Crippen LogP contribution in [0.15, 0.2) is 46.0 Å². The highest BCUT2D eigenvalue weighted by Crippen LogP contribution is 2.18. The first-order valence-electron chi connectivity index (χ1n) is 4.57. The highest BCUT2D eigenvalue weighted by molar-refractivity contribution is 7.90. The van der Waals surface area contributed by atoms with E-state index < -0.39 is 15.7 Å². The molecule has 0 fully saturated rings. The minimum atomic E-state index is -3.44. The SMILES string of the molecule is O=S(=O)(Cc1ccsc1)c1cccc(F)c1. The first-order valence-corrected chi connectivity index (χ1v) is 7.17. The van der Waals surface area contributed by atoms with Gasteiger partial charge in [-0.05, 0) is 40.6 Å². The maximum atomic E-state index is 12.9. The average molecular weight is 256 g/mol. The van der Waals surface area contributed by atoms with Gasteiger partial charge in [-0.1, -0.05) is 6.07 Å². The third-order valence-corrected chi connectivity index (χ3v) is 4.51. The smallest absolute Gasteiger partial charge is 0.182 e. The van der Waals surface area contributed by atoms with Gasteiger partial charge in [0.2, 0.25) is 0 Å². The van der Waals surface area contributed by atoms with E-state index in [-0.39, 0.29) is 10.6 Å². The summed E-state index contributed by atoms with van der Waals surface area (Å²) in [7, 11) is -3.44. The normalized spacial score (nSPS) is 11.6. The van der Waals surface area contributed by atoms with Crippen molar-refractivity contribution in [3.63, 3.8) is 0 Å². The summed E-state index contributed by atoms with van der Waals surface area (Å²) in [6.45, 7) is 0. The molecule has 0 atom stereocenters. The minimum absolute atomic E-state index is 0.0266. The van der Waals surface area contributed by atoms with Crippen LogP contribution < -0.4 is 0 Å². The van der Waals surface area contributed by atoms with Gasteiger partial charge in [-0.3, -0.25) is 0 Å². The summed E-state index contributed by atoms with van der Waals surface area (Å²) in [4.78, 5) is 0.0266. The van der Waals surface area contributed by atoms with Gasteiger partial charge in [-0.2, -0.15) is 11.3 Å². The van der Waals surface area contributed by atoms with Gasteiger partial charge >= 0.3 is 0 Å². The number of halogens is 1. The summed E-state index contributed by atoms with van der Waals surface area (Å²) < 4.78 is 36.7. The number of rotatable bonds is 3. The number of benzene rings is 1. The highest BCUT2D eigenvalue weighted by atomic mass is 32.2. The molecule has 0 N–H and O–H groups in total. The van der Waals surface area contributed by atoms with E-state index in [0.29, 0.717) is 0 Å². The largest absolute Gasteiger partial charge is 0.223 e. The summed E-state index contributed by atoms with van der Waals surface area (Å²) in [6, 6.07) is 6.83. The van der Waals surface area contributed by atoms with Crippen molar-refractivity contribution in [2.75, 3.05) is 0 Å². The molecule has 16 heavy (non-hydrogen) atoms. The third kappa shape index (κ3) is 2.48. The Morgan fingerprint density at radius 2 is 2.06 bits per heavy atom. The molecular formula is C11H9FO2S2. The summed E-state index contributed by atoms with van der Waals surface area (Å²) >= 11 is 1.44. The Hall–Kier alpha value is -1.20. The second-order valence-electron chi connectivity index (χ2n) is 3.35. The van der Waals surface area contributed by atoms with Gasteiger partial charge in [0.05, 0.1) is 10.6 Å². The van der Waals surface area contributed by atoms with Gasteiger partial charge in [-0.25, -0.2) is 12.8 Å². The molecule has 1 heterocycles. The van der Waals surface area contributed by atoms with E-state index in [0.717, 1.165) is 11.6 Å². The van der Waals surface area contributed by atoms with Crippen molar-refractivity contribution in [1.82, 2.24) is 0 Å². The van der Waals surface area contributed by atoms with Crippen molar-refractivity contribution >= 4 is 21.2 Å². The molecule has 0 saturated carbocycles. The molecule has 1 aromatic carbocycles. The third-order valence-electron chi connectivity index (χ3n) is 2.09. The Morgan fingerprint density at radius 1 is 1.25 bits per heavy atom. The molecule has 2 rings (SSSR count). The summed E-state index contributed by atoms with van der Waals surface area (Å²) in [5, 5.41) is 3.59. The molecule has 0 aliphatic carbocycles. The van der Waals surface area contributed by atoms with E-state index in [1.165, 1.54) is 29.5 Å².